The Morgan fingerprint density at radius 2 is 1.93 bits per heavy atom. The van der Waals surface area contributed by atoms with Gasteiger partial charge in [-0.3, -0.25) is 4.79 Å². The van der Waals surface area contributed by atoms with E-state index >= 15 is 0 Å². The van der Waals surface area contributed by atoms with Crippen LogP contribution in [-0.2, 0) is 30.5 Å². The van der Waals surface area contributed by atoms with E-state index < -0.39 is 0 Å². The van der Waals surface area contributed by atoms with Crippen molar-refractivity contribution in [3.05, 3.63) is 64.9 Å². The number of methoxy groups -OCH3 is 1. The number of benzene rings is 2. The van der Waals surface area contributed by atoms with Gasteiger partial charge in [-0.15, -0.1) is 0 Å². The molecule has 0 spiro atoms. The Bertz CT molecular complexity index is 971. The third-order valence-electron chi connectivity index (χ3n) is 5.65. The zero-order valence-electron chi connectivity index (χ0n) is 16.6. The van der Waals surface area contributed by atoms with Crippen molar-refractivity contribution in [2.75, 3.05) is 7.11 Å². The SMILES string of the molecule is COc1ccc(CCC(C)NC(=O)Cc2coc3cc4c(cc23)CCC4)cc1. The van der Waals surface area contributed by atoms with E-state index in [4.69, 9.17) is 9.15 Å². The van der Waals surface area contributed by atoms with Gasteiger partial charge in [0.2, 0.25) is 5.91 Å². The van der Waals surface area contributed by atoms with Crippen molar-refractivity contribution in [3.8, 4) is 5.75 Å². The molecule has 1 heterocycles. The van der Waals surface area contributed by atoms with E-state index in [2.05, 4.69) is 36.5 Å². The minimum atomic E-state index is 0.0467. The number of carbonyl (C=O) groups is 1. The van der Waals surface area contributed by atoms with E-state index in [9.17, 15) is 4.79 Å². The lowest BCUT2D eigenvalue weighted by atomic mass is 10.0. The summed E-state index contributed by atoms with van der Waals surface area (Å²) in [4.78, 5) is 12.5. The number of ether oxygens (including phenoxy) is 1. The molecule has 28 heavy (non-hydrogen) atoms. The standard InChI is InChI=1S/C24H27NO3/c1-16(6-7-17-8-10-21(27-2)11-9-17)25-24(26)14-20-15-28-23-13-19-5-3-4-18(19)12-22(20)23/h8-13,15-16H,3-7,14H2,1-2H3,(H,25,26). The van der Waals surface area contributed by atoms with Crippen molar-refractivity contribution in [2.45, 2.75) is 51.5 Å². The van der Waals surface area contributed by atoms with Gasteiger partial charge in [0.25, 0.3) is 0 Å². The summed E-state index contributed by atoms with van der Waals surface area (Å²) in [6.45, 7) is 2.06. The summed E-state index contributed by atoms with van der Waals surface area (Å²) in [6.07, 6.45) is 7.39. The van der Waals surface area contributed by atoms with Crippen LogP contribution >= 0.6 is 0 Å². The fourth-order valence-corrected chi connectivity index (χ4v) is 4.03. The fraction of sp³-hybridized carbons (Fsp3) is 0.375. The molecule has 1 aromatic heterocycles. The van der Waals surface area contributed by atoms with Gasteiger partial charge in [0, 0.05) is 17.0 Å². The number of hydrogen-bond acceptors (Lipinski definition) is 3. The summed E-state index contributed by atoms with van der Waals surface area (Å²) in [5.74, 6) is 0.911. The van der Waals surface area contributed by atoms with Crippen molar-refractivity contribution in [2.24, 2.45) is 0 Å². The molecule has 0 radical (unpaired) electrons. The van der Waals surface area contributed by atoms with E-state index in [0.29, 0.717) is 6.42 Å². The van der Waals surface area contributed by atoms with Gasteiger partial charge in [-0.05, 0) is 80.0 Å². The molecule has 1 N–H and O–H groups in total. The molecule has 1 unspecified atom stereocenters. The molecule has 4 rings (SSSR count). The number of carbonyl (C=O) groups excluding carboxylic acids is 1. The van der Waals surface area contributed by atoms with Gasteiger partial charge in [-0.25, -0.2) is 0 Å². The lowest BCUT2D eigenvalue weighted by Crippen LogP contribution is -2.34. The minimum Gasteiger partial charge on any atom is -0.497 e. The number of rotatable bonds is 7. The van der Waals surface area contributed by atoms with Crippen LogP contribution in [0.5, 0.6) is 5.75 Å². The number of fused-ring (bicyclic) bond motifs is 2. The van der Waals surface area contributed by atoms with Crippen LogP contribution in [0.15, 0.2) is 47.1 Å². The van der Waals surface area contributed by atoms with Crippen LogP contribution in [0.4, 0.5) is 0 Å². The van der Waals surface area contributed by atoms with Crippen LogP contribution in [0.25, 0.3) is 11.0 Å². The quantitative estimate of drug-likeness (QED) is 0.654. The zero-order valence-corrected chi connectivity index (χ0v) is 16.6. The Morgan fingerprint density at radius 3 is 2.68 bits per heavy atom. The maximum atomic E-state index is 12.5. The molecule has 0 bridgehead atoms. The number of amides is 1. The van der Waals surface area contributed by atoms with Gasteiger partial charge >= 0.3 is 0 Å². The molecule has 0 aliphatic heterocycles. The average Bonchev–Trinajstić information content (AvgIpc) is 3.31. The van der Waals surface area contributed by atoms with Gasteiger partial charge in [0.1, 0.15) is 11.3 Å². The Labute approximate surface area is 165 Å². The molecule has 1 aliphatic carbocycles. The molecule has 4 heteroatoms. The van der Waals surface area contributed by atoms with Crippen molar-refractivity contribution in [3.63, 3.8) is 0 Å². The number of hydrogen-bond donors (Lipinski definition) is 1. The second-order valence-corrected chi connectivity index (χ2v) is 7.76. The lowest BCUT2D eigenvalue weighted by molar-refractivity contribution is -0.121. The first-order chi connectivity index (χ1) is 13.6. The number of nitrogens with one attached hydrogen (secondary N) is 1. The molecule has 0 saturated carbocycles. The molecule has 2 aromatic carbocycles. The van der Waals surface area contributed by atoms with E-state index in [1.165, 1.54) is 23.1 Å². The highest BCUT2D eigenvalue weighted by molar-refractivity contribution is 5.88. The maximum absolute atomic E-state index is 12.5. The van der Waals surface area contributed by atoms with Crippen LogP contribution in [-0.4, -0.2) is 19.1 Å². The Balaban J connectivity index is 1.33. The summed E-state index contributed by atoms with van der Waals surface area (Å²) in [6, 6.07) is 12.6. The van der Waals surface area contributed by atoms with Crippen LogP contribution in [0.2, 0.25) is 0 Å². The van der Waals surface area contributed by atoms with E-state index in [1.54, 1.807) is 13.4 Å². The topological polar surface area (TPSA) is 51.5 Å². The zero-order chi connectivity index (χ0) is 19.5. The molecule has 1 atom stereocenters. The molecule has 1 aliphatic rings. The molecule has 3 aromatic rings. The molecular weight excluding hydrogens is 350 g/mol. The van der Waals surface area contributed by atoms with Gasteiger partial charge < -0.3 is 14.5 Å². The first-order valence-corrected chi connectivity index (χ1v) is 10.1. The van der Waals surface area contributed by atoms with Crippen LogP contribution in [0, 0.1) is 0 Å². The summed E-state index contributed by atoms with van der Waals surface area (Å²) < 4.78 is 10.9. The van der Waals surface area contributed by atoms with Crippen LogP contribution in [0.1, 0.15) is 42.0 Å². The van der Waals surface area contributed by atoms with Crippen molar-refractivity contribution in [1.82, 2.24) is 5.32 Å². The molecule has 0 saturated heterocycles. The molecule has 4 nitrogen and oxygen atoms in total. The fourth-order valence-electron chi connectivity index (χ4n) is 4.03. The van der Waals surface area contributed by atoms with E-state index in [-0.39, 0.29) is 11.9 Å². The minimum absolute atomic E-state index is 0.0467. The van der Waals surface area contributed by atoms with E-state index in [1.807, 2.05) is 12.1 Å². The molecule has 1 amide bonds. The smallest absolute Gasteiger partial charge is 0.224 e. The predicted octanol–water partition coefficient (Wildman–Crippen LogP) is 4.61. The van der Waals surface area contributed by atoms with Crippen LogP contribution < -0.4 is 10.1 Å². The summed E-state index contributed by atoms with van der Waals surface area (Å²) >= 11 is 0. The van der Waals surface area contributed by atoms with Gasteiger partial charge in [0.15, 0.2) is 0 Å². The lowest BCUT2D eigenvalue weighted by Gasteiger charge is -2.14. The van der Waals surface area contributed by atoms with Gasteiger partial charge in [-0.1, -0.05) is 12.1 Å². The summed E-state index contributed by atoms with van der Waals surface area (Å²) in [7, 11) is 1.67. The number of aryl methyl sites for hydroxylation is 3. The molecular formula is C24H27NO3. The summed E-state index contributed by atoms with van der Waals surface area (Å²) in [5, 5.41) is 4.21. The predicted molar refractivity (Wildman–Crippen MR) is 111 cm³/mol. The number of furan rings is 1. The monoisotopic (exact) mass is 377 g/mol. The average molecular weight is 377 g/mol. The highest BCUT2D eigenvalue weighted by Crippen LogP contribution is 2.30. The van der Waals surface area contributed by atoms with Crippen molar-refractivity contribution < 1.29 is 13.9 Å². The first kappa shape index (κ1) is 18.6. The largest absolute Gasteiger partial charge is 0.497 e. The third kappa shape index (κ3) is 4.06. The summed E-state index contributed by atoms with van der Waals surface area (Å²) in [5.41, 5.74) is 5.92. The highest BCUT2D eigenvalue weighted by atomic mass is 16.5. The van der Waals surface area contributed by atoms with Gasteiger partial charge in [-0.2, -0.15) is 0 Å². The second-order valence-electron chi connectivity index (χ2n) is 7.76. The third-order valence-corrected chi connectivity index (χ3v) is 5.65. The first-order valence-electron chi connectivity index (χ1n) is 10.1. The second kappa shape index (κ2) is 8.09. The van der Waals surface area contributed by atoms with Crippen molar-refractivity contribution >= 4 is 16.9 Å². The van der Waals surface area contributed by atoms with Gasteiger partial charge in [0.05, 0.1) is 19.8 Å². The van der Waals surface area contributed by atoms with E-state index in [0.717, 1.165) is 48.0 Å². The highest BCUT2D eigenvalue weighted by Gasteiger charge is 2.17. The Hall–Kier alpha value is -2.75. The molecule has 146 valence electrons. The molecule has 0 fully saturated rings. The maximum Gasteiger partial charge on any atom is 0.224 e. The van der Waals surface area contributed by atoms with Crippen LogP contribution in [0.3, 0.4) is 0 Å². The Kier molecular flexibility index (Phi) is 5.38. The van der Waals surface area contributed by atoms with Crippen molar-refractivity contribution in [1.29, 1.82) is 0 Å². The normalized spacial score (nSPS) is 14.1. The Morgan fingerprint density at radius 1 is 1.18 bits per heavy atom.